The fourth-order valence-electron chi connectivity index (χ4n) is 2.99. The zero-order valence-corrected chi connectivity index (χ0v) is 9.68. The summed E-state index contributed by atoms with van der Waals surface area (Å²) in [6.45, 7) is 8.45. The van der Waals surface area contributed by atoms with Gasteiger partial charge in [0.1, 0.15) is 0 Å². The third-order valence-corrected chi connectivity index (χ3v) is 3.92. The molecule has 0 amide bonds. The van der Waals surface area contributed by atoms with E-state index >= 15 is 0 Å². The average Bonchev–Trinajstić information content (AvgIpc) is 2.47. The lowest BCUT2D eigenvalue weighted by atomic mass is 9.97. The van der Waals surface area contributed by atoms with Gasteiger partial charge in [-0.1, -0.05) is 12.8 Å². The van der Waals surface area contributed by atoms with Crippen molar-refractivity contribution in [1.82, 2.24) is 10.2 Å². The molecular formula is C12H24N2. The maximum Gasteiger partial charge on any atom is 0.0308 e. The summed E-state index contributed by atoms with van der Waals surface area (Å²) in [6, 6.07) is 0.715. The molecule has 0 bridgehead atoms. The van der Waals surface area contributed by atoms with Crippen molar-refractivity contribution < 1.29 is 0 Å². The second-order valence-electron chi connectivity index (χ2n) is 5.33. The van der Waals surface area contributed by atoms with Gasteiger partial charge in [-0.15, -0.1) is 0 Å². The molecule has 2 heteroatoms. The molecule has 1 spiro atoms. The number of nitrogens with one attached hydrogen (secondary N) is 1. The summed E-state index contributed by atoms with van der Waals surface area (Å²) < 4.78 is 0. The highest BCUT2D eigenvalue weighted by atomic mass is 15.2. The Labute approximate surface area is 88.1 Å². The maximum absolute atomic E-state index is 3.80. The van der Waals surface area contributed by atoms with Crippen LogP contribution in [0, 0.1) is 0 Å². The number of rotatable bonds is 1. The molecule has 1 heterocycles. The fourth-order valence-corrected chi connectivity index (χ4v) is 2.99. The first-order chi connectivity index (χ1) is 6.72. The predicted octanol–water partition coefficient (Wildman–Crippen LogP) is 2.00. The Kier molecular flexibility index (Phi) is 3.13. The van der Waals surface area contributed by atoms with E-state index in [1.54, 1.807) is 0 Å². The van der Waals surface area contributed by atoms with Crippen LogP contribution >= 0.6 is 0 Å². The first-order valence-corrected chi connectivity index (χ1v) is 6.21. The summed E-state index contributed by atoms with van der Waals surface area (Å²) in [6.07, 6.45) is 6.98. The van der Waals surface area contributed by atoms with Crippen LogP contribution in [-0.2, 0) is 0 Å². The molecular weight excluding hydrogens is 172 g/mol. The molecule has 1 saturated heterocycles. The Hall–Kier alpha value is -0.0800. The van der Waals surface area contributed by atoms with Gasteiger partial charge < -0.3 is 5.32 Å². The van der Waals surface area contributed by atoms with Crippen LogP contribution in [0.2, 0.25) is 0 Å². The SMILES string of the molecule is CC(C)N1CCCNC2(CCCC2)C1. The third-order valence-electron chi connectivity index (χ3n) is 3.92. The molecule has 0 aromatic carbocycles. The lowest BCUT2D eigenvalue weighted by Crippen LogP contribution is -2.50. The van der Waals surface area contributed by atoms with Crippen molar-refractivity contribution in [2.45, 2.75) is 57.5 Å². The Morgan fingerprint density at radius 2 is 1.86 bits per heavy atom. The number of hydrogen-bond acceptors (Lipinski definition) is 2. The van der Waals surface area contributed by atoms with Crippen molar-refractivity contribution in [1.29, 1.82) is 0 Å². The van der Waals surface area contributed by atoms with E-state index in [-0.39, 0.29) is 0 Å². The summed E-state index contributed by atoms with van der Waals surface area (Å²) in [4.78, 5) is 2.66. The highest BCUT2D eigenvalue weighted by molar-refractivity contribution is 4.97. The van der Waals surface area contributed by atoms with Gasteiger partial charge in [0.15, 0.2) is 0 Å². The second-order valence-corrected chi connectivity index (χ2v) is 5.33. The van der Waals surface area contributed by atoms with Crippen LogP contribution in [0.15, 0.2) is 0 Å². The van der Waals surface area contributed by atoms with Crippen molar-refractivity contribution >= 4 is 0 Å². The molecule has 0 aromatic heterocycles. The van der Waals surface area contributed by atoms with Gasteiger partial charge in [0.25, 0.3) is 0 Å². The van der Waals surface area contributed by atoms with Gasteiger partial charge in [0, 0.05) is 18.1 Å². The zero-order valence-electron chi connectivity index (χ0n) is 9.68. The van der Waals surface area contributed by atoms with Crippen LogP contribution in [-0.4, -0.2) is 36.1 Å². The monoisotopic (exact) mass is 196 g/mol. The molecule has 0 aromatic rings. The van der Waals surface area contributed by atoms with Crippen LogP contribution in [0.4, 0.5) is 0 Å². The van der Waals surface area contributed by atoms with Crippen molar-refractivity contribution in [2.24, 2.45) is 0 Å². The van der Waals surface area contributed by atoms with E-state index < -0.39 is 0 Å². The molecule has 2 nitrogen and oxygen atoms in total. The smallest absolute Gasteiger partial charge is 0.0308 e. The Morgan fingerprint density at radius 3 is 2.50 bits per heavy atom. The minimum atomic E-state index is 0.487. The van der Waals surface area contributed by atoms with Gasteiger partial charge in [-0.3, -0.25) is 4.90 Å². The van der Waals surface area contributed by atoms with Gasteiger partial charge in [0.05, 0.1) is 0 Å². The predicted molar refractivity (Wildman–Crippen MR) is 60.5 cm³/mol. The number of nitrogens with zero attached hydrogens (tertiary/aromatic N) is 1. The Morgan fingerprint density at radius 1 is 1.14 bits per heavy atom. The minimum absolute atomic E-state index is 0.487. The van der Waals surface area contributed by atoms with Gasteiger partial charge in [0.2, 0.25) is 0 Å². The molecule has 2 rings (SSSR count). The molecule has 14 heavy (non-hydrogen) atoms. The fraction of sp³-hybridized carbons (Fsp3) is 1.00. The lowest BCUT2D eigenvalue weighted by molar-refractivity contribution is 0.174. The minimum Gasteiger partial charge on any atom is -0.310 e. The quantitative estimate of drug-likeness (QED) is 0.690. The number of hydrogen-bond donors (Lipinski definition) is 1. The first-order valence-electron chi connectivity index (χ1n) is 6.21. The molecule has 1 aliphatic heterocycles. The molecule has 0 unspecified atom stereocenters. The lowest BCUT2D eigenvalue weighted by Gasteiger charge is -2.35. The van der Waals surface area contributed by atoms with Gasteiger partial charge in [-0.25, -0.2) is 0 Å². The highest BCUT2D eigenvalue weighted by Gasteiger charge is 2.36. The van der Waals surface area contributed by atoms with Crippen LogP contribution in [0.3, 0.4) is 0 Å². The Balaban J connectivity index is 2.03. The molecule has 0 radical (unpaired) electrons. The molecule has 1 N–H and O–H groups in total. The molecule has 1 aliphatic carbocycles. The van der Waals surface area contributed by atoms with E-state index in [1.807, 2.05) is 0 Å². The van der Waals surface area contributed by atoms with Crippen LogP contribution in [0.25, 0.3) is 0 Å². The molecule has 0 atom stereocenters. The highest BCUT2D eigenvalue weighted by Crippen LogP contribution is 2.32. The first kappa shape index (κ1) is 10.4. The Bertz CT molecular complexity index is 183. The van der Waals surface area contributed by atoms with E-state index in [0.717, 1.165) is 0 Å². The van der Waals surface area contributed by atoms with E-state index in [9.17, 15) is 0 Å². The summed E-state index contributed by atoms with van der Waals surface area (Å²) >= 11 is 0. The maximum atomic E-state index is 3.80. The third kappa shape index (κ3) is 2.12. The summed E-state index contributed by atoms with van der Waals surface area (Å²) in [5, 5.41) is 3.80. The summed E-state index contributed by atoms with van der Waals surface area (Å²) in [5.74, 6) is 0. The largest absolute Gasteiger partial charge is 0.310 e. The van der Waals surface area contributed by atoms with Crippen molar-refractivity contribution in [3.8, 4) is 0 Å². The van der Waals surface area contributed by atoms with Crippen molar-refractivity contribution in [2.75, 3.05) is 19.6 Å². The molecule has 1 saturated carbocycles. The van der Waals surface area contributed by atoms with Crippen LogP contribution < -0.4 is 5.32 Å². The van der Waals surface area contributed by atoms with Gasteiger partial charge in [-0.2, -0.15) is 0 Å². The normalized spacial score (nSPS) is 28.5. The zero-order chi connectivity index (χ0) is 10.0. The summed E-state index contributed by atoms with van der Waals surface area (Å²) in [5.41, 5.74) is 0.487. The topological polar surface area (TPSA) is 15.3 Å². The van der Waals surface area contributed by atoms with E-state index in [1.165, 1.54) is 51.7 Å². The standard InChI is InChI=1S/C12H24N2/c1-11(2)14-9-5-8-13-12(10-14)6-3-4-7-12/h11,13H,3-10H2,1-2H3. The van der Waals surface area contributed by atoms with Crippen LogP contribution in [0.1, 0.15) is 46.0 Å². The molecule has 2 fully saturated rings. The van der Waals surface area contributed by atoms with E-state index in [0.29, 0.717) is 11.6 Å². The summed E-state index contributed by atoms with van der Waals surface area (Å²) in [7, 11) is 0. The van der Waals surface area contributed by atoms with Gasteiger partial charge >= 0.3 is 0 Å². The van der Waals surface area contributed by atoms with Crippen LogP contribution in [0.5, 0.6) is 0 Å². The van der Waals surface area contributed by atoms with E-state index in [4.69, 9.17) is 0 Å². The average molecular weight is 196 g/mol. The van der Waals surface area contributed by atoms with Crippen molar-refractivity contribution in [3.05, 3.63) is 0 Å². The van der Waals surface area contributed by atoms with Crippen molar-refractivity contribution in [3.63, 3.8) is 0 Å². The second kappa shape index (κ2) is 4.19. The molecule has 2 aliphatic rings. The van der Waals surface area contributed by atoms with E-state index in [2.05, 4.69) is 24.1 Å². The molecule has 82 valence electrons. The van der Waals surface area contributed by atoms with Gasteiger partial charge in [-0.05, 0) is 46.2 Å².